The lowest BCUT2D eigenvalue weighted by atomic mass is 10.3. The largest absolute Gasteiger partial charge is 0.369 e. The van der Waals surface area contributed by atoms with Crippen molar-refractivity contribution in [2.45, 2.75) is 4.34 Å². The number of carbonyl (C=O) groups is 1. The van der Waals surface area contributed by atoms with Crippen LogP contribution in [-0.2, 0) is 4.79 Å². The molecule has 0 aliphatic rings. The number of fused-ring (bicyclic) bond motifs is 1. The number of aromatic nitrogens is 1. The van der Waals surface area contributed by atoms with Gasteiger partial charge in [-0.2, -0.15) is 0 Å². The maximum Gasteiger partial charge on any atom is 0.270 e. The van der Waals surface area contributed by atoms with E-state index < -0.39 is 10.8 Å². The highest BCUT2D eigenvalue weighted by molar-refractivity contribution is 8.01. The summed E-state index contributed by atoms with van der Waals surface area (Å²) >= 11 is 2.54. The fraction of sp³-hybridized carbons (Fsp3) is 0.111. The molecule has 88 valence electrons. The zero-order valence-corrected chi connectivity index (χ0v) is 10.1. The summed E-state index contributed by atoms with van der Waals surface area (Å²) in [4.78, 5) is 25.0. The highest BCUT2D eigenvalue weighted by Gasteiger charge is 2.10. The third kappa shape index (κ3) is 2.71. The molecule has 0 fully saturated rings. The smallest absolute Gasteiger partial charge is 0.270 e. The number of thioether (sulfide) groups is 1. The zero-order valence-electron chi connectivity index (χ0n) is 8.45. The Bertz CT molecular complexity index is 596. The van der Waals surface area contributed by atoms with Crippen molar-refractivity contribution in [1.82, 2.24) is 4.98 Å². The molecule has 1 aromatic carbocycles. The number of nitro groups is 1. The van der Waals surface area contributed by atoms with E-state index in [-0.39, 0.29) is 11.4 Å². The van der Waals surface area contributed by atoms with Crippen LogP contribution < -0.4 is 5.73 Å². The van der Waals surface area contributed by atoms with E-state index in [9.17, 15) is 14.9 Å². The van der Waals surface area contributed by atoms with Gasteiger partial charge in [-0.05, 0) is 6.07 Å². The molecule has 0 atom stereocenters. The van der Waals surface area contributed by atoms with E-state index in [4.69, 9.17) is 5.73 Å². The molecule has 0 saturated heterocycles. The molecule has 8 heteroatoms. The molecule has 0 aliphatic heterocycles. The lowest BCUT2D eigenvalue weighted by Gasteiger charge is -1.89. The minimum atomic E-state index is -0.449. The van der Waals surface area contributed by atoms with Crippen molar-refractivity contribution in [3.05, 3.63) is 28.3 Å². The number of non-ortho nitro benzene ring substituents is 1. The Morgan fingerprint density at radius 2 is 2.35 bits per heavy atom. The molecule has 1 heterocycles. The Balaban J connectivity index is 2.30. The molecular weight excluding hydrogens is 262 g/mol. The van der Waals surface area contributed by atoms with Gasteiger partial charge in [0.15, 0.2) is 4.34 Å². The van der Waals surface area contributed by atoms with Crippen LogP contribution in [0.3, 0.4) is 0 Å². The Hall–Kier alpha value is -1.67. The van der Waals surface area contributed by atoms with E-state index in [1.54, 1.807) is 6.07 Å². The van der Waals surface area contributed by atoms with Crippen LogP contribution in [0.2, 0.25) is 0 Å². The minimum Gasteiger partial charge on any atom is -0.369 e. The average molecular weight is 269 g/mol. The third-order valence-corrected chi connectivity index (χ3v) is 4.08. The number of carbonyl (C=O) groups excluding carboxylic acids is 1. The molecule has 0 unspecified atom stereocenters. The maximum absolute atomic E-state index is 10.6. The van der Waals surface area contributed by atoms with E-state index in [0.29, 0.717) is 9.86 Å². The lowest BCUT2D eigenvalue weighted by molar-refractivity contribution is -0.384. The van der Waals surface area contributed by atoms with Gasteiger partial charge in [-0.25, -0.2) is 4.98 Å². The molecule has 1 aromatic heterocycles. The van der Waals surface area contributed by atoms with Gasteiger partial charge >= 0.3 is 0 Å². The van der Waals surface area contributed by atoms with Crippen molar-refractivity contribution >= 4 is 44.9 Å². The summed E-state index contributed by atoms with van der Waals surface area (Å²) in [6.45, 7) is 0. The fourth-order valence-electron chi connectivity index (χ4n) is 1.20. The molecule has 2 aromatic rings. The third-order valence-electron chi connectivity index (χ3n) is 1.90. The Kier molecular flexibility index (Phi) is 3.25. The number of hydrogen-bond donors (Lipinski definition) is 1. The van der Waals surface area contributed by atoms with Crippen LogP contribution in [0.25, 0.3) is 10.2 Å². The summed E-state index contributed by atoms with van der Waals surface area (Å²) in [5.41, 5.74) is 5.75. The van der Waals surface area contributed by atoms with Crippen molar-refractivity contribution in [2.75, 3.05) is 5.75 Å². The second kappa shape index (κ2) is 4.68. The molecule has 0 radical (unpaired) electrons. The first-order chi connectivity index (χ1) is 8.06. The van der Waals surface area contributed by atoms with Gasteiger partial charge in [0.05, 0.1) is 20.9 Å². The maximum atomic E-state index is 10.6. The van der Waals surface area contributed by atoms with Gasteiger partial charge in [-0.3, -0.25) is 14.9 Å². The molecule has 0 saturated carbocycles. The highest BCUT2D eigenvalue weighted by atomic mass is 32.2. The molecule has 0 aliphatic carbocycles. The van der Waals surface area contributed by atoms with Crippen LogP contribution in [0.1, 0.15) is 0 Å². The molecule has 2 rings (SSSR count). The Morgan fingerprint density at radius 3 is 3.00 bits per heavy atom. The van der Waals surface area contributed by atoms with Gasteiger partial charge in [-0.1, -0.05) is 11.8 Å². The highest BCUT2D eigenvalue weighted by Crippen LogP contribution is 2.31. The summed E-state index contributed by atoms with van der Waals surface area (Å²) in [6, 6.07) is 4.48. The predicted octanol–water partition coefficient (Wildman–Crippen LogP) is 1.78. The van der Waals surface area contributed by atoms with Crippen molar-refractivity contribution in [2.24, 2.45) is 5.73 Å². The van der Waals surface area contributed by atoms with Gasteiger partial charge in [0.25, 0.3) is 5.69 Å². The Morgan fingerprint density at radius 1 is 1.59 bits per heavy atom. The summed E-state index contributed by atoms with van der Waals surface area (Å²) in [5.74, 6) is -0.262. The second-order valence-corrected chi connectivity index (χ2v) is 5.40. The number of nitrogens with zero attached hydrogens (tertiary/aromatic N) is 2. The van der Waals surface area contributed by atoms with Crippen LogP contribution in [0.15, 0.2) is 22.5 Å². The van der Waals surface area contributed by atoms with E-state index in [0.717, 1.165) is 4.70 Å². The molecule has 2 N–H and O–H groups in total. The number of nitrogens with two attached hydrogens (primary N) is 1. The van der Waals surface area contributed by atoms with Crippen LogP contribution in [0.4, 0.5) is 5.69 Å². The van der Waals surface area contributed by atoms with Crippen molar-refractivity contribution < 1.29 is 9.72 Å². The number of thiazole rings is 1. The van der Waals surface area contributed by atoms with Crippen LogP contribution in [0.5, 0.6) is 0 Å². The molecular formula is C9H7N3O3S2. The fourth-order valence-corrected chi connectivity index (χ4v) is 3.04. The van der Waals surface area contributed by atoms with Gasteiger partial charge in [-0.15, -0.1) is 11.3 Å². The van der Waals surface area contributed by atoms with E-state index in [1.165, 1.54) is 35.2 Å². The molecule has 17 heavy (non-hydrogen) atoms. The minimum absolute atomic E-state index is 0.0348. The summed E-state index contributed by atoms with van der Waals surface area (Å²) in [7, 11) is 0. The summed E-state index contributed by atoms with van der Waals surface area (Å²) in [6.07, 6.45) is 0. The lowest BCUT2D eigenvalue weighted by Crippen LogP contribution is -2.12. The van der Waals surface area contributed by atoms with Gasteiger partial charge in [0, 0.05) is 12.1 Å². The summed E-state index contributed by atoms with van der Waals surface area (Å²) < 4.78 is 1.41. The molecule has 0 bridgehead atoms. The van der Waals surface area contributed by atoms with Crippen molar-refractivity contribution in [1.29, 1.82) is 0 Å². The van der Waals surface area contributed by atoms with E-state index in [2.05, 4.69) is 4.98 Å². The second-order valence-electron chi connectivity index (χ2n) is 3.14. The number of nitro benzene ring substituents is 1. The van der Waals surface area contributed by atoms with Crippen molar-refractivity contribution in [3.8, 4) is 0 Å². The monoisotopic (exact) mass is 269 g/mol. The predicted molar refractivity (Wildman–Crippen MR) is 66.2 cm³/mol. The quantitative estimate of drug-likeness (QED) is 0.518. The number of benzene rings is 1. The SMILES string of the molecule is NC(=O)CSc1nc2ccc([N+](=O)[O-])cc2s1. The van der Waals surface area contributed by atoms with Crippen LogP contribution >= 0.6 is 23.1 Å². The average Bonchev–Trinajstić information content (AvgIpc) is 2.67. The number of amides is 1. The zero-order chi connectivity index (χ0) is 12.4. The first-order valence-corrected chi connectivity index (χ1v) is 6.32. The topological polar surface area (TPSA) is 99.1 Å². The van der Waals surface area contributed by atoms with Crippen LogP contribution in [0, 0.1) is 10.1 Å². The van der Waals surface area contributed by atoms with E-state index in [1.807, 2.05) is 0 Å². The van der Waals surface area contributed by atoms with E-state index >= 15 is 0 Å². The first kappa shape index (κ1) is 11.8. The first-order valence-electron chi connectivity index (χ1n) is 4.52. The number of rotatable bonds is 4. The molecule has 1 amide bonds. The Labute approximate surface area is 104 Å². The number of primary amides is 1. The molecule has 0 spiro atoms. The summed E-state index contributed by atoms with van der Waals surface area (Å²) in [5, 5.41) is 10.6. The van der Waals surface area contributed by atoms with Gasteiger partial charge < -0.3 is 5.73 Å². The normalized spacial score (nSPS) is 10.6. The number of hydrogen-bond acceptors (Lipinski definition) is 6. The van der Waals surface area contributed by atoms with Gasteiger partial charge in [0.1, 0.15) is 0 Å². The standard InChI is InChI=1S/C9H7N3O3S2/c10-8(13)4-16-9-11-6-2-1-5(12(14)15)3-7(6)17-9/h1-3H,4H2,(H2,10,13). The van der Waals surface area contributed by atoms with Crippen molar-refractivity contribution in [3.63, 3.8) is 0 Å². The molecule has 6 nitrogen and oxygen atoms in total. The van der Waals surface area contributed by atoms with Gasteiger partial charge in [0.2, 0.25) is 5.91 Å². The van der Waals surface area contributed by atoms with Crippen LogP contribution in [-0.4, -0.2) is 21.6 Å².